The molecule has 0 saturated carbocycles. The second kappa shape index (κ2) is 15.2. The van der Waals surface area contributed by atoms with Gasteiger partial charge in [0.05, 0.1) is 6.54 Å². The lowest BCUT2D eigenvalue weighted by Gasteiger charge is -2.03. The van der Waals surface area contributed by atoms with Crippen molar-refractivity contribution in [2.45, 2.75) is 117 Å². The minimum atomic E-state index is 0.208. The molecule has 0 aliphatic carbocycles. The molecule has 0 aliphatic heterocycles. The van der Waals surface area contributed by atoms with Crippen LogP contribution >= 0.6 is 0 Å². The van der Waals surface area contributed by atoms with Gasteiger partial charge in [-0.25, -0.2) is 9.13 Å². The SMILES string of the molecule is CCCCCCCCCCCCCCCCn1cc[n+](CC(C)=O)c1. The lowest BCUT2D eigenvalue weighted by molar-refractivity contribution is -0.683. The zero-order valence-electron chi connectivity index (χ0n) is 16.8. The molecule has 0 spiro atoms. The van der Waals surface area contributed by atoms with E-state index in [2.05, 4.69) is 17.7 Å². The molecule has 0 aliphatic rings. The van der Waals surface area contributed by atoms with E-state index >= 15 is 0 Å². The van der Waals surface area contributed by atoms with Gasteiger partial charge in [0, 0.05) is 0 Å². The van der Waals surface area contributed by atoms with Crippen LogP contribution in [0.1, 0.15) is 104 Å². The first kappa shape index (κ1) is 21.9. The predicted molar refractivity (Wildman–Crippen MR) is 106 cm³/mol. The van der Waals surface area contributed by atoms with Crippen molar-refractivity contribution in [3.8, 4) is 0 Å². The average Bonchev–Trinajstić information content (AvgIpc) is 3.01. The van der Waals surface area contributed by atoms with Crippen molar-refractivity contribution in [2.24, 2.45) is 0 Å². The predicted octanol–water partition coefficient (Wildman–Crippen LogP) is 5.85. The number of nitrogens with zero attached hydrogens (tertiary/aromatic N) is 2. The molecule has 0 N–H and O–H groups in total. The van der Waals surface area contributed by atoms with E-state index in [-0.39, 0.29) is 5.78 Å². The van der Waals surface area contributed by atoms with Crippen LogP contribution < -0.4 is 4.57 Å². The first-order valence-electron chi connectivity index (χ1n) is 10.8. The highest BCUT2D eigenvalue weighted by Gasteiger charge is 2.05. The van der Waals surface area contributed by atoms with Gasteiger partial charge in [0.25, 0.3) is 0 Å². The average molecular weight is 350 g/mol. The highest BCUT2D eigenvalue weighted by atomic mass is 16.1. The van der Waals surface area contributed by atoms with Crippen molar-refractivity contribution in [1.82, 2.24) is 4.57 Å². The summed E-state index contributed by atoms with van der Waals surface area (Å²) in [5.74, 6) is 0.208. The highest BCUT2D eigenvalue weighted by molar-refractivity contribution is 5.73. The van der Waals surface area contributed by atoms with Gasteiger partial charge >= 0.3 is 0 Å². The number of unbranched alkanes of at least 4 members (excludes halogenated alkanes) is 13. The molecule has 144 valence electrons. The third kappa shape index (κ3) is 12.8. The first-order chi connectivity index (χ1) is 12.2. The number of aromatic nitrogens is 2. The molecule has 3 nitrogen and oxygen atoms in total. The van der Waals surface area contributed by atoms with Crippen LogP contribution in [-0.2, 0) is 17.9 Å². The Morgan fingerprint density at radius 1 is 0.800 bits per heavy atom. The van der Waals surface area contributed by atoms with Crippen LogP contribution in [0.15, 0.2) is 18.7 Å². The summed E-state index contributed by atoms with van der Waals surface area (Å²) in [6.07, 6.45) is 25.7. The van der Waals surface area contributed by atoms with Gasteiger partial charge in [-0.3, -0.25) is 4.79 Å². The Morgan fingerprint density at radius 3 is 1.76 bits per heavy atom. The summed E-state index contributed by atoms with van der Waals surface area (Å²) < 4.78 is 4.16. The monoisotopic (exact) mass is 349 g/mol. The van der Waals surface area contributed by atoms with Crippen molar-refractivity contribution >= 4 is 5.78 Å². The molecule has 0 fully saturated rings. The first-order valence-corrected chi connectivity index (χ1v) is 10.8. The van der Waals surface area contributed by atoms with E-state index < -0.39 is 0 Å². The molecule has 1 aromatic rings. The minimum Gasteiger partial charge on any atom is -0.296 e. The summed E-state index contributed by atoms with van der Waals surface area (Å²) >= 11 is 0. The van der Waals surface area contributed by atoms with Gasteiger partial charge in [-0.05, 0) is 19.8 Å². The standard InChI is InChI=1S/C22H41N2O/c1-3-4-5-6-7-8-9-10-11-12-13-14-15-16-17-23-18-19-24(21-23)20-22(2)25/h18-19,21H,3-17,20H2,1-2H3/q+1. The Morgan fingerprint density at radius 2 is 1.28 bits per heavy atom. The number of imidazole rings is 1. The maximum absolute atomic E-state index is 11.1. The van der Waals surface area contributed by atoms with E-state index in [1.54, 1.807) is 6.92 Å². The maximum Gasteiger partial charge on any atom is 0.244 e. The van der Waals surface area contributed by atoms with Gasteiger partial charge in [-0.2, -0.15) is 0 Å². The smallest absolute Gasteiger partial charge is 0.244 e. The molecule has 0 aromatic carbocycles. The molecule has 1 rings (SSSR count). The van der Waals surface area contributed by atoms with Crippen LogP contribution in [0.3, 0.4) is 0 Å². The Balaban J connectivity index is 1.83. The van der Waals surface area contributed by atoms with E-state index in [4.69, 9.17) is 0 Å². The van der Waals surface area contributed by atoms with Crippen molar-refractivity contribution in [2.75, 3.05) is 0 Å². The van der Waals surface area contributed by atoms with Crippen molar-refractivity contribution in [1.29, 1.82) is 0 Å². The number of Topliss-reactive ketones (excluding diaryl/α,β-unsaturated/α-hetero) is 1. The lowest BCUT2D eigenvalue weighted by Crippen LogP contribution is -2.34. The summed E-state index contributed by atoms with van der Waals surface area (Å²) in [5, 5.41) is 0. The highest BCUT2D eigenvalue weighted by Crippen LogP contribution is 2.13. The lowest BCUT2D eigenvalue weighted by atomic mass is 10.0. The molecule has 0 bridgehead atoms. The van der Waals surface area contributed by atoms with Crippen LogP contribution in [0.2, 0.25) is 0 Å². The zero-order chi connectivity index (χ0) is 18.2. The maximum atomic E-state index is 11.1. The molecule has 0 atom stereocenters. The zero-order valence-corrected chi connectivity index (χ0v) is 16.8. The normalized spacial score (nSPS) is 11.1. The summed E-state index contributed by atoms with van der Waals surface area (Å²) in [6.45, 7) is 5.48. The van der Waals surface area contributed by atoms with Gasteiger partial charge in [0.2, 0.25) is 6.33 Å². The number of carbonyl (C=O) groups is 1. The number of carbonyl (C=O) groups excluding carboxylic acids is 1. The van der Waals surface area contributed by atoms with Crippen molar-refractivity contribution in [3.63, 3.8) is 0 Å². The van der Waals surface area contributed by atoms with Crippen LogP contribution in [0, 0.1) is 0 Å². The van der Waals surface area contributed by atoms with Crippen LogP contribution in [0.5, 0.6) is 0 Å². The fourth-order valence-electron chi connectivity index (χ4n) is 3.41. The number of hydrogen-bond acceptors (Lipinski definition) is 1. The molecule has 1 aromatic heterocycles. The molecule has 3 heteroatoms. The third-order valence-corrected chi connectivity index (χ3v) is 4.92. The molecule has 0 radical (unpaired) electrons. The van der Waals surface area contributed by atoms with E-state index in [9.17, 15) is 4.79 Å². The number of ketones is 1. The molecule has 25 heavy (non-hydrogen) atoms. The molecule has 1 heterocycles. The van der Waals surface area contributed by atoms with Gasteiger partial charge in [0.15, 0.2) is 5.78 Å². The summed E-state index contributed by atoms with van der Waals surface area (Å²) in [6, 6.07) is 0. The largest absolute Gasteiger partial charge is 0.296 e. The fourth-order valence-corrected chi connectivity index (χ4v) is 3.41. The number of hydrogen-bond donors (Lipinski definition) is 0. The van der Waals surface area contributed by atoms with Crippen molar-refractivity contribution < 1.29 is 9.36 Å². The Labute approximate surface area is 155 Å². The van der Waals surface area contributed by atoms with Gasteiger partial charge < -0.3 is 0 Å². The van der Waals surface area contributed by atoms with E-state index in [0.717, 1.165) is 6.54 Å². The second-order valence-electron chi connectivity index (χ2n) is 7.62. The summed E-state index contributed by atoms with van der Waals surface area (Å²) in [7, 11) is 0. The van der Waals surface area contributed by atoms with E-state index in [1.807, 2.05) is 17.1 Å². The minimum absolute atomic E-state index is 0.208. The Hall–Kier alpha value is -1.12. The van der Waals surface area contributed by atoms with E-state index in [0.29, 0.717) is 6.54 Å². The topological polar surface area (TPSA) is 25.9 Å². The Kier molecular flexibility index (Phi) is 13.3. The van der Waals surface area contributed by atoms with Gasteiger partial charge in [-0.15, -0.1) is 0 Å². The number of aryl methyl sites for hydroxylation is 1. The van der Waals surface area contributed by atoms with Crippen LogP contribution in [-0.4, -0.2) is 10.4 Å². The van der Waals surface area contributed by atoms with Gasteiger partial charge in [0.1, 0.15) is 18.9 Å². The van der Waals surface area contributed by atoms with Crippen molar-refractivity contribution in [3.05, 3.63) is 18.7 Å². The fraction of sp³-hybridized carbons (Fsp3) is 0.818. The third-order valence-electron chi connectivity index (χ3n) is 4.92. The summed E-state index contributed by atoms with van der Waals surface area (Å²) in [5.41, 5.74) is 0. The molecular formula is C22H41N2O+. The van der Waals surface area contributed by atoms with Crippen LogP contribution in [0.25, 0.3) is 0 Å². The number of rotatable bonds is 17. The molecule has 0 unspecified atom stereocenters. The molecule has 0 saturated heterocycles. The van der Waals surface area contributed by atoms with Crippen LogP contribution in [0.4, 0.5) is 0 Å². The quantitative estimate of drug-likeness (QED) is 0.256. The van der Waals surface area contributed by atoms with Gasteiger partial charge in [-0.1, -0.05) is 84.0 Å². The van der Waals surface area contributed by atoms with E-state index in [1.165, 1.54) is 89.9 Å². The molecule has 0 amide bonds. The Bertz CT molecular complexity index is 439. The molecular weight excluding hydrogens is 308 g/mol. The second-order valence-corrected chi connectivity index (χ2v) is 7.62. The summed E-state index contributed by atoms with van der Waals surface area (Å²) in [4.78, 5) is 11.1.